The molecule has 1 aliphatic heterocycles. The van der Waals surface area contributed by atoms with Crippen molar-refractivity contribution in [3.63, 3.8) is 0 Å². The van der Waals surface area contributed by atoms with E-state index in [0.29, 0.717) is 17.0 Å². The van der Waals surface area contributed by atoms with Gasteiger partial charge in [0, 0.05) is 0 Å². The summed E-state index contributed by atoms with van der Waals surface area (Å²) in [5, 5.41) is 0.438. The molecule has 3 nitrogen and oxygen atoms in total. The van der Waals surface area contributed by atoms with Crippen molar-refractivity contribution in [3.05, 3.63) is 16.0 Å². The first-order valence-corrected chi connectivity index (χ1v) is 7.38. The Morgan fingerprint density at radius 2 is 2.19 bits per heavy atom. The second-order valence-corrected chi connectivity index (χ2v) is 6.43. The van der Waals surface area contributed by atoms with Crippen LogP contribution < -0.4 is 5.73 Å². The fraction of sp³-hybridized carbons (Fsp3) is 0.636. The van der Waals surface area contributed by atoms with Crippen molar-refractivity contribution < 1.29 is 0 Å². The summed E-state index contributed by atoms with van der Waals surface area (Å²) in [7, 11) is 0. The number of thioether (sulfide) groups is 1. The molecule has 0 amide bonds. The van der Waals surface area contributed by atoms with E-state index >= 15 is 0 Å². The average molecular weight is 302 g/mol. The third kappa shape index (κ3) is 2.35. The van der Waals surface area contributed by atoms with Gasteiger partial charge in [-0.25, -0.2) is 9.97 Å². The predicted molar refractivity (Wildman–Crippen MR) is 72.7 cm³/mol. The van der Waals surface area contributed by atoms with Crippen molar-refractivity contribution in [1.29, 1.82) is 0 Å². The van der Waals surface area contributed by atoms with Crippen molar-refractivity contribution >= 4 is 33.5 Å². The predicted octanol–water partition coefficient (Wildman–Crippen LogP) is 3.51. The van der Waals surface area contributed by atoms with Gasteiger partial charge in [-0.1, -0.05) is 13.8 Å². The minimum atomic E-state index is 0.366. The number of anilines is 1. The van der Waals surface area contributed by atoms with Gasteiger partial charge in [-0.15, -0.1) is 0 Å². The molecule has 2 heterocycles. The number of rotatable bonds is 2. The van der Waals surface area contributed by atoms with Crippen molar-refractivity contribution in [2.45, 2.75) is 37.9 Å². The Kier molecular flexibility index (Phi) is 3.74. The van der Waals surface area contributed by atoms with Crippen molar-refractivity contribution in [3.8, 4) is 0 Å². The van der Waals surface area contributed by atoms with Gasteiger partial charge in [0.1, 0.15) is 11.6 Å². The van der Waals surface area contributed by atoms with Crippen LogP contribution in [0, 0.1) is 0 Å². The van der Waals surface area contributed by atoms with Crippen LogP contribution in [-0.4, -0.2) is 15.7 Å². The molecule has 5 heteroatoms. The first kappa shape index (κ1) is 12.2. The molecular weight excluding hydrogens is 286 g/mol. The lowest BCUT2D eigenvalue weighted by Gasteiger charge is -2.14. The van der Waals surface area contributed by atoms with Gasteiger partial charge in [0.2, 0.25) is 0 Å². The van der Waals surface area contributed by atoms with E-state index in [2.05, 4.69) is 39.7 Å². The maximum atomic E-state index is 5.92. The van der Waals surface area contributed by atoms with Gasteiger partial charge in [-0.2, -0.15) is 11.8 Å². The van der Waals surface area contributed by atoms with E-state index in [-0.39, 0.29) is 0 Å². The summed E-state index contributed by atoms with van der Waals surface area (Å²) < 4.78 is 0.856. The smallest absolute Gasteiger partial charge is 0.144 e. The molecule has 0 aliphatic carbocycles. The van der Waals surface area contributed by atoms with Gasteiger partial charge in [0.25, 0.3) is 0 Å². The Bertz CT molecular complexity index is 389. The number of aromatic nitrogens is 2. The number of halogens is 1. The molecule has 1 atom stereocenters. The lowest BCUT2D eigenvalue weighted by atomic mass is 10.1. The van der Waals surface area contributed by atoms with E-state index in [9.17, 15) is 0 Å². The first-order chi connectivity index (χ1) is 7.59. The second kappa shape index (κ2) is 4.92. The zero-order valence-corrected chi connectivity index (χ0v) is 11.9. The lowest BCUT2D eigenvalue weighted by molar-refractivity contribution is 0.738. The van der Waals surface area contributed by atoms with Crippen LogP contribution in [0.4, 0.5) is 5.82 Å². The van der Waals surface area contributed by atoms with E-state index in [1.54, 1.807) is 0 Å². The summed E-state index contributed by atoms with van der Waals surface area (Å²) in [6.45, 7) is 4.25. The number of nitrogens with zero attached hydrogens (tertiary/aromatic N) is 2. The molecule has 0 bridgehead atoms. The molecule has 2 rings (SSSR count). The zero-order valence-electron chi connectivity index (χ0n) is 9.53. The Balaban J connectivity index is 2.39. The molecule has 16 heavy (non-hydrogen) atoms. The Hall–Kier alpha value is -0.290. The zero-order chi connectivity index (χ0) is 11.7. The van der Waals surface area contributed by atoms with E-state index in [0.717, 1.165) is 16.0 Å². The summed E-state index contributed by atoms with van der Waals surface area (Å²) in [6, 6.07) is 0. The third-order valence-corrected chi connectivity index (χ3v) is 4.87. The monoisotopic (exact) mass is 301 g/mol. The highest BCUT2D eigenvalue weighted by molar-refractivity contribution is 9.10. The highest BCUT2D eigenvalue weighted by atomic mass is 79.9. The minimum absolute atomic E-state index is 0.366. The molecule has 0 aromatic carbocycles. The van der Waals surface area contributed by atoms with Crippen molar-refractivity contribution in [2.75, 3.05) is 11.5 Å². The number of nitrogens with two attached hydrogens (primary N) is 1. The summed E-state index contributed by atoms with van der Waals surface area (Å²) in [5.74, 6) is 3.05. The van der Waals surface area contributed by atoms with Crippen LogP contribution in [0.3, 0.4) is 0 Å². The van der Waals surface area contributed by atoms with E-state index < -0.39 is 0 Å². The van der Waals surface area contributed by atoms with Gasteiger partial charge < -0.3 is 5.73 Å². The van der Waals surface area contributed by atoms with Crippen LogP contribution in [0.5, 0.6) is 0 Å². The van der Waals surface area contributed by atoms with Crippen LogP contribution >= 0.6 is 27.7 Å². The maximum absolute atomic E-state index is 5.92. The normalized spacial score (nSPS) is 20.6. The van der Waals surface area contributed by atoms with Gasteiger partial charge >= 0.3 is 0 Å². The molecule has 1 unspecified atom stereocenters. The molecule has 1 aliphatic rings. The standard InChI is InChI=1S/C11H16BrN3S/c1-6(2)9-8(12)10(13)15-11(14-9)7-4-3-5-16-7/h6-7H,3-5H2,1-2H3,(H2,13,14,15). The van der Waals surface area contributed by atoms with Crippen LogP contribution in [0.2, 0.25) is 0 Å². The van der Waals surface area contributed by atoms with E-state index in [1.807, 2.05) is 11.8 Å². The fourth-order valence-corrected chi connectivity index (χ4v) is 3.65. The molecule has 2 N–H and O–H groups in total. The first-order valence-electron chi connectivity index (χ1n) is 5.54. The second-order valence-electron chi connectivity index (χ2n) is 4.32. The topological polar surface area (TPSA) is 51.8 Å². The fourth-order valence-electron chi connectivity index (χ4n) is 1.81. The van der Waals surface area contributed by atoms with Gasteiger partial charge in [-0.05, 0) is 40.4 Å². The molecule has 1 aromatic rings. The molecule has 1 aromatic heterocycles. The van der Waals surface area contributed by atoms with Crippen LogP contribution in [-0.2, 0) is 0 Å². The quantitative estimate of drug-likeness (QED) is 0.908. The molecule has 88 valence electrons. The van der Waals surface area contributed by atoms with Gasteiger partial charge in [-0.3, -0.25) is 0 Å². The molecular formula is C11H16BrN3S. The Morgan fingerprint density at radius 3 is 2.75 bits per heavy atom. The maximum Gasteiger partial charge on any atom is 0.144 e. The third-order valence-electron chi connectivity index (χ3n) is 2.68. The lowest BCUT2D eigenvalue weighted by Crippen LogP contribution is -2.08. The summed E-state index contributed by atoms with van der Waals surface area (Å²) in [4.78, 5) is 9.05. The van der Waals surface area contributed by atoms with Crippen LogP contribution in [0.1, 0.15) is 49.4 Å². The minimum Gasteiger partial charge on any atom is -0.383 e. The van der Waals surface area contributed by atoms with E-state index in [1.165, 1.54) is 18.6 Å². The Morgan fingerprint density at radius 1 is 1.44 bits per heavy atom. The SMILES string of the molecule is CC(C)c1nc(C2CCCS2)nc(N)c1Br. The molecule has 0 saturated carbocycles. The van der Waals surface area contributed by atoms with Gasteiger partial charge in [0.15, 0.2) is 0 Å². The van der Waals surface area contributed by atoms with E-state index in [4.69, 9.17) is 5.73 Å². The van der Waals surface area contributed by atoms with Crippen LogP contribution in [0.25, 0.3) is 0 Å². The molecule has 0 spiro atoms. The van der Waals surface area contributed by atoms with Crippen molar-refractivity contribution in [2.24, 2.45) is 0 Å². The molecule has 1 fully saturated rings. The summed E-state index contributed by atoms with van der Waals surface area (Å²) in [5.41, 5.74) is 6.94. The molecule has 0 radical (unpaired) electrons. The highest BCUT2D eigenvalue weighted by Gasteiger charge is 2.23. The average Bonchev–Trinajstić information content (AvgIpc) is 2.74. The van der Waals surface area contributed by atoms with Crippen LogP contribution in [0.15, 0.2) is 4.47 Å². The Labute approximate surface area is 109 Å². The largest absolute Gasteiger partial charge is 0.383 e. The number of hydrogen-bond donors (Lipinski definition) is 1. The highest BCUT2D eigenvalue weighted by Crippen LogP contribution is 2.39. The summed E-state index contributed by atoms with van der Waals surface area (Å²) in [6.07, 6.45) is 2.43. The van der Waals surface area contributed by atoms with Gasteiger partial charge in [0.05, 0.1) is 15.4 Å². The number of hydrogen-bond acceptors (Lipinski definition) is 4. The molecule has 1 saturated heterocycles. The number of nitrogen functional groups attached to an aromatic ring is 1. The summed E-state index contributed by atoms with van der Waals surface area (Å²) >= 11 is 5.40. The van der Waals surface area contributed by atoms with Crippen molar-refractivity contribution in [1.82, 2.24) is 9.97 Å².